The van der Waals surface area contributed by atoms with Crippen molar-refractivity contribution in [2.24, 2.45) is 17.2 Å². The minimum atomic E-state index is -0.0527. The summed E-state index contributed by atoms with van der Waals surface area (Å²) >= 11 is 0. The fourth-order valence-electron chi connectivity index (χ4n) is 1.61. The van der Waals surface area contributed by atoms with Crippen LogP contribution in [0, 0.1) is 0 Å². The van der Waals surface area contributed by atoms with Gasteiger partial charge in [0.15, 0.2) is 0 Å². The third-order valence-corrected chi connectivity index (χ3v) is 2.27. The molecule has 12 heavy (non-hydrogen) atoms. The lowest BCUT2D eigenvalue weighted by atomic mass is 9.86. The van der Waals surface area contributed by atoms with Crippen LogP contribution in [0.25, 0.3) is 0 Å². The van der Waals surface area contributed by atoms with Crippen molar-refractivity contribution in [2.45, 2.75) is 44.6 Å². The molecular formula is C9H23N3. The molecule has 1 unspecified atom stereocenters. The molecule has 0 aromatic carbocycles. The molecule has 0 radical (unpaired) electrons. The predicted octanol–water partition coefficient (Wildman–Crippen LogP) is 0.572. The summed E-state index contributed by atoms with van der Waals surface area (Å²) in [6.45, 7) is 3.56. The zero-order valence-electron chi connectivity index (χ0n) is 8.18. The number of hydrogen-bond acceptors (Lipinski definition) is 3. The summed E-state index contributed by atoms with van der Waals surface area (Å²) in [6, 6.07) is 0. The van der Waals surface area contributed by atoms with Gasteiger partial charge in [0.2, 0.25) is 0 Å². The maximum atomic E-state index is 6.17. The van der Waals surface area contributed by atoms with E-state index in [1.165, 1.54) is 0 Å². The lowest BCUT2D eigenvalue weighted by Crippen LogP contribution is -2.42. The summed E-state index contributed by atoms with van der Waals surface area (Å²) in [5.41, 5.74) is 17.1. The first-order valence-electron chi connectivity index (χ1n) is 4.87. The average molecular weight is 173 g/mol. The van der Waals surface area contributed by atoms with Gasteiger partial charge in [0.05, 0.1) is 0 Å². The summed E-state index contributed by atoms with van der Waals surface area (Å²) in [7, 11) is 0. The Kier molecular flexibility index (Phi) is 6.34. The smallest absolute Gasteiger partial charge is 0.0166 e. The van der Waals surface area contributed by atoms with Gasteiger partial charge in [-0.05, 0) is 38.8 Å². The Balaban J connectivity index is 3.80. The molecule has 0 fully saturated rings. The Hall–Kier alpha value is -0.120. The lowest BCUT2D eigenvalue weighted by molar-refractivity contribution is 0.334. The molecule has 0 aliphatic carbocycles. The highest BCUT2D eigenvalue weighted by Crippen LogP contribution is 2.19. The van der Waals surface area contributed by atoms with Gasteiger partial charge in [-0.3, -0.25) is 0 Å². The average Bonchev–Trinajstić information content (AvgIpc) is 2.02. The van der Waals surface area contributed by atoms with Gasteiger partial charge in [0.25, 0.3) is 0 Å². The van der Waals surface area contributed by atoms with E-state index in [1.54, 1.807) is 0 Å². The van der Waals surface area contributed by atoms with Crippen molar-refractivity contribution in [3.63, 3.8) is 0 Å². The number of rotatable bonds is 7. The first-order chi connectivity index (χ1) is 5.68. The van der Waals surface area contributed by atoms with Crippen LogP contribution in [0.2, 0.25) is 0 Å². The fourth-order valence-corrected chi connectivity index (χ4v) is 1.61. The third kappa shape index (κ3) is 4.70. The molecule has 0 saturated carbocycles. The third-order valence-electron chi connectivity index (χ3n) is 2.27. The van der Waals surface area contributed by atoms with Crippen LogP contribution in [-0.4, -0.2) is 18.6 Å². The Morgan fingerprint density at radius 1 is 1.00 bits per heavy atom. The quantitative estimate of drug-likeness (QED) is 0.527. The van der Waals surface area contributed by atoms with E-state index in [0.29, 0.717) is 6.54 Å². The van der Waals surface area contributed by atoms with E-state index in [2.05, 4.69) is 6.92 Å². The molecule has 0 heterocycles. The van der Waals surface area contributed by atoms with E-state index in [-0.39, 0.29) is 5.54 Å². The Morgan fingerprint density at radius 2 is 1.67 bits per heavy atom. The van der Waals surface area contributed by atoms with Crippen LogP contribution in [0.3, 0.4) is 0 Å². The first kappa shape index (κ1) is 11.9. The highest BCUT2D eigenvalue weighted by Gasteiger charge is 2.21. The molecule has 0 saturated heterocycles. The summed E-state index contributed by atoms with van der Waals surface area (Å²) in [5, 5.41) is 0. The van der Waals surface area contributed by atoms with Crippen LogP contribution in [0.1, 0.15) is 39.0 Å². The zero-order chi connectivity index (χ0) is 9.45. The van der Waals surface area contributed by atoms with Gasteiger partial charge in [0, 0.05) is 5.54 Å². The van der Waals surface area contributed by atoms with Crippen molar-refractivity contribution >= 4 is 0 Å². The SMILES string of the molecule is CCCC(N)(CCN)CCCN. The van der Waals surface area contributed by atoms with Gasteiger partial charge in [-0.25, -0.2) is 0 Å². The van der Waals surface area contributed by atoms with Gasteiger partial charge < -0.3 is 17.2 Å². The van der Waals surface area contributed by atoms with Crippen molar-refractivity contribution in [1.29, 1.82) is 0 Å². The largest absolute Gasteiger partial charge is 0.330 e. The van der Waals surface area contributed by atoms with Gasteiger partial charge >= 0.3 is 0 Å². The summed E-state index contributed by atoms with van der Waals surface area (Å²) in [4.78, 5) is 0. The number of hydrogen-bond donors (Lipinski definition) is 3. The molecule has 0 bridgehead atoms. The van der Waals surface area contributed by atoms with Crippen LogP contribution in [-0.2, 0) is 0 Å². The molecule has 74 valence electrons. The van der Waals surface area contributed by atoms with E-state index in [1.807, 2.05) is 0 Å². The summed E-state index contributed by atoms with van der Waals surface area (Å²) < 4.78 is 0. The maximum Gasteiger partial charge on any atom is 0.0166 e. The summed E-state index contributed by atoms with van der Waals surface area (Å²) in [6.07, 6.45) is 5.12. The molecule has 6 N–H and O–H groups in total. The van der Waals surface area contributed by atoms with Crippen molar-refractivity contribution in [3.8, 4) is 0 Å². The maximum absolute atomic E-state index is 6.17. The van der Waals surface area contributed by atoms with Crippen LogP contribution < -0.4 is 17.2 Å². The molecule has 3 heteroatoms. The molecular weight excluding hydrogens is 150 g/mol. The molecule has 0 aromatic heterocycles. The van der Waals surface area contributed by atoms with E-state index in [4.69, 9.17) is 17.2 Å². The molecule has 0 aromatic rings. The van der Waals surface area contributed by atoms with Crippen LogP contribution in [0.15, 0.2) is 0 Å². The Labute approximate surface area is 75.7 Å². The minimum Gasteiger partial charge on any atom is -0.330 e. The second kappa shape index (κ2) is 6.40. The molecule has 0 amide bonds. The van der Waals surface area contributed by atoms with Crippen molar-refractivity contribution < 1.29 is 0 Å². The van der Waals surface area contributed by atoms with Gasteiger partial charge in [0.1, 0.15) is 0 Å². The molecule has 0 spiro atoms. The van der Waals surface area contributed by atoms with Crippen molar-refractivity contribution in [2.75, 3.05) is 13.1 Å². The minimum absolute atomic E-state index is 0.0527. The highest BCUT2D eigenvalue weighted by molar-refractivity contribution is 4.83. The van der Waals surface area contributed by atoms with E-state index >= 15 is 0 Å². The molecule has 0 aliphatic heterocycles. The van der Waals surface area contributed by atoms with Crippen molar-refractivity contribution in [3.05, 3.63) is 0 Å². The topological polar surface area (TPSA) is 78.1 Å². The van der Waals surface area contributed by atoms with Crippen molar-refractivity contribution in [1.82, 2.24) is 0 Å². The van der Waals surface area contributed by atoms with Gasteiger partial charge in [-0.2, -0.15) is 0 Å². The Bertz CT molecular complexity index is 97.9. The zero-order valence-corrected chi connectivity index (χ0v) is 8.18. The summed E-state index contributed by atoms with van der Waals surface area (Å²) in [5.74, 6) is 0. The standard InChI is InChI=1S/C9H23N3/c1-2-4-9(12,6-8-11)5-3-7-10/h2-8,10-12H2,1H3. The van der Waals surface area contributed by atoms with Gasteiger partial charge in [-0.1, -0.05) is 13.3 Å². The fraction of sp³-hybridized carbons (Fsp3) is 1.00. The van der Waals surface area contributed by atoms with Crippen LogP contribution in [0.5, 0.6) is 0 Å². The lowest BCUT2D eigenvalue weighted by Gasteiger charge is -2.28. The molecule has 0 aliphatic rings. The molecule has 0 rings (SSSR count). The van der Waals surface area contributed by atoms with E-state index < -0.39 is 0 Å². The first-order valence-corrected chi connectivity index (χ1v) is 4.87. The molecule has 1 atom stereocenters. The Morgan fingerprint density at radius 3 is 2.08 bits per heavy atom. The molecule has 3 nitrogen and oxygen atoms in total. The number of nitrogens with two attached hydrogens (primary N) is 3. The monoisotopic (exact) mass is 173 g/mol. The predicted molar refractivity (Wildman–Crippen MR) is 53.8 cm³/mol. The van der Waals surface area contributed by atoms with Crippen LogP contribution >= 0.6 is 0 Å². The van der Waals surface area contributed by atoms with Crippen LogP contribution in [0.4, 0.5) is 0 Å². The normalized spacial score (nSPS) is 16.0. The van der Waals surface area contributed by atoms with Gasteiger partial charge in [-0.15, -0.1) is 0 Å². The second-order valence-electron chi connectivity index (χ2n) is 3.54. The van der Waals surface area contributed by atoms with E-state index in [9.17, 15) is 0 Å². The highest BCUT2D eigenvalue weighted by atomic mass is 14.7. The van der Waals surface area contributed by atoms with E-state index in [0.717, 1.165) is 38.6 Å². The second-order valence-corrected chi connectivity index (χ2v) is 3.54.